The lowest BCUT2D eigenvalue weighted by molar-refractivity contribution is -0.131. The van der Waals surface area contributed by atoms with Crippen LogP contribution in [0.3, 0.4) is 0 Å². The molecule has 5 nitrogen and oxygen atoms in total. The third kappa shape index (κ3) is 4.94. The number of hydrogen-bond acceptors (Lipinski definition) is 4. The average molecular weight is 449 g/mol. The fourth-order valence-electron chi connectivity index (χ4n) is 4.21. The first kappa shape index (κ1) is 22.3. The van der Waals surface area contributed by atoms with E-state index in [0.29, 0.717) is 6.42 Å². The molecule has 1 saturated heterocycles. The van der Waals surface area contributed by atoms with Crippen molar-refractivity contribution in [1.29, 1.82) is 0 Å². The van der Waals surface area contributed by atoms with E-state index in [1.54, 1.807) is 0 Å². The lowest BCUT2D eigenvalue weighted by Crippen LogP contribution is -2.49. The van der Waals surface area contributed by atoms with Crippen molar-refractivity contribution in [2.45, 2.75) is 33.1 Å². The Morgan fingerprint density at radius 3 is 2.38 bits per heavy atom. The van der Waals surface area contributed by atoms with Crippen LogP contribution in [0.25, 0.3) is 11.4 Å². The minimum absolute atomic E-state index is 0.214. The molecule has 166 valence electrons. The third-order valence-corrected chi connectivity index (χ3v) is 6.18. The van der Waals surface area contributed by atoms with Crippen LogP contribution in [0.15, 0.2) is 54.6 Å². The zero-order valence-electron chi connectivity index (χ0n) is 18.7. The molecule has 3 aromatic rings. The lowest BCUT2D eigenvalue weighted by atomic mass is 10.0. The highest BCUT2D eigenvalue weighted by Crippen LogP contribution is 2.29. The molecule has 0 atom stereocenters. The molecule has 0 aliphatic carbocycles. The van der Waals surface area contributed by atoms with E-state index in [2.05, 4.69) is 17.9 Å². The summed E-state index contributed by atoms with van der Waals surface area (Å²) >= 11 is 6.26. The van der Waals surface area contributed by atoms with Gasteiger partial charge in [0.15, 0.2) is 5.82 Å². The zero-order chi connectivity index (χ0) is 22.5. The predicted molar refractivity (Wildman–Crippen MR) is 130 cm³/mol. The largest absolute Gasteiger partial charge is 0.353 e. The summed E-state index contributed by atoms with van der Waals surface area (Å²) in [7, 11) is 0. The summed E-state index contributed by atoms with van der Waals surface area (Å²) in [5, 5.41) is 0.732. The number of piperazine rings is 1. The number of aromatic nitrogens is 2. The van der Waals surface area contributed by atoms with E-state index in [4.69, 9.17) is 21.6 Å². The van der Waals surface area contributed by atoms with Crippen molar-refractivity contribution in [3.8, 4) is 11.4 Å². The monoisotopic (exact) mass is 448 g/mol. The van der Waals surface area contributed by atoms with Crippen molar-refractivity contribution in [2.24, 2.45) is 0 Å². The molecule has 4 rings (SSSR count). The highest BCUT2D eigenvalue weighted by atomic mass is 35.5. The molecule has 0 unspecified atom stereocenters. The molecule has 2 aromatic carbocycles. The van der Waals surface area contributed by atoms with Crippen molar-refractivity contribution >= 4 is 23.3 Å². The van der Waals surface area contributed by atoms with Gasteiger partial charge in [0.1, 0.15) is 5.82 Å². The summed E-state index contributed by atoms with van der Waals surface area (Å²) in [4.78, 5) is 26.4. The van der Waals surface area contributed by atoms with E-state index >= 15 is 0 Å². The highest BCUT2D eigenvalue weighted by molar-refractivity contribution is 6.30. The number of aryl methyl sites for hydroxylation is 1. The van der Waals surface area contributed by atoms with Gasteiger partial charge in [0.05, 0.1) is 0 Å². The summed E-state index contributed by atoms with van der Waals surface area (Å²) in [6, 6.07) is 18.1. The Morgan fingerprint density at radius 2 is 1.72 bits per heavy atom. The number of benzene rings is 2. The van der Waals surface area contributed by atoms with Crippen molar-refractivity contribution in [1.82, 2.24) is 14.9 Å². The normalized spacial score (nSPS) is 14.0. The number of amides is 1. The van der Waals surface area contributed by atoms with Gasteiger partial charge < -0.3 is 9.80 Å². The molecule has 1 fully saturated rings. The minimum atomic E-state index is 0.214. The molecule has 0 saturated carbocycles. The maximum Gasteiger partial charge on any atom is 0.222 e. The Kier molecular flexibility index (Phi) is 7.05. The molecule has 2 heterocycles. The summed E-state index contributed by atoms with van der Waals surface area (Å²) < 4.78 is 0. The molecular formula is C26H29ClN4O. The smallest absolute Gasteiger partial charge is 0.222 e. The van der Waals surface area contributed by atoms with E-state index in [1.165, 1.54) is 0 Å². The number of rotatable bonds is 6. The van der Waals surface area contributed by atoms with Crippen LogP contribution in [-0.2, 0) is 17.6 Å². The summed E-state index contributed by atoms with van der Waals surface area (Å²) in [5.41, 5.74) is 4.35. The first-order chi connectivity index (χ1) is 15.6. The quantitative estimate of drug-likeness (QED) is 0.532. The first-order valence-electron chi connectivity index (χ1n) is 11.3. The van der Waals surface area contributed by atoms with E-state index in [0.717, 1.165) is 78.1 Å². The second-order valence-corrected chi connectivity index (χ2v) is 8.48. The van der Waals surface area contributed by atoms with Gasteiger partial charge in [0, 0.05) is 60.9 Å². The van der Waals surface area contributed by atoms with Crippen LogP contribution in [0.1, 0.15) is 37.1 Å². The van der Waals surface area contributed by atoms with Crippen molar-refractivity contribution < 1.29 is 4.79 Å². The van der Waals surface area contributed by atoms with Crippen LogP contribution in [0.4, 0.5) is 5.82 Å². The van der Waals surface area contributed by atoms with Gasteiger partial charge in [-0.3, -0.25) is 4.79 Å². The van der Waals surface area contributed by atoms with E-state index < -0.39 is 0 Å². The molecule has 0 spiro atoms. The average Bonchev–Trinajstić information content (AvgIpc) is 2.84. The highest BCUT2D eigenvalue weighted by Gasteiger charge is 2.25. The maximum atomic E-state index is 12.2. The molecular weight excluding hydrogens is 420 g/mol. The second kappa shape index (κ2) is 10.1. The Morgan fingerprint density at radius 1 is 0.969 bits per heavy atom. The molecule has 6 heteroatoms. The van der Waals surface area contributed by atoms with Crippen LogP contribution < -0.4 is 4.90 Å². The van der Waals surface area contributed by atoms with E-state index in [9.17, 15) is 4.79 Å². The Balaban J connectivity index is 1.74. The predicted octanol–water partition coefficient (Wildman–Crippen LogP) is 5.01. The van der Waals surface area contributed by atoms with Gasteiger partial charge in [-0.2, -0.15) is 0 Å². The number of nitrogens with zero attached hydrogens (tertiary/aromatic N) is 4. The van der Waals surface area contributed by atoms with Crippen LogP contribution in [-0.4, -0.2) is 47.0 Å². The van der Waals surface area contributed by atoms with Gasteiger partial charge in [-0.1, -0.05) is 67.9 Å². The Bertz CT molecular complexity index is 1080. The van der Waals surface area contributed by atoms with Gasteiger partial charge in [0.2, 0.25) is 5.91 Å². The number of halogens is 1. The van der Waals surface area contributed by atoms with Crippen LogP contribution in [0.2, 0.25) is 5.02 Å². The molecule has 1 aliphatic heterocycles. The van der Waals surface area contributed by atoms with Gasteiger partial charge in [-0.25, -0.2) is 9.97 Å². The molecule has 32 heavy (non-hydrogen) atoms. The lowest BCUT2D eigenvalue weighted by Gasteiger charge is -2.36. The van der Waals surface area contributed by atoms with Gasteiger partial charge in [0.25, 0.3) is 0 Å². The number of anilines is 1. The summed E-state index contributed by atoms with van der Waals surface area (Å²) in [6.07, 6.45) is 2.09. The topological polar surface area (TPSA) is 49.3 Å². The van der Waals surface area contributed by atoms with E-state index in [1.807, 2.05) is 60.4 Å². The number of carbonyl (C=O) groups is 1. The summed E-state index contributed by atoms with van der Waals surface area (Å²) in [6.45, 7) is 7.03. The molecule has 0 radical (unpaired) electrons. The van der Waals surface area contributed by atoms with E-state index in [-0.39, 0.29) is 5.91 Å². The fourth-order valence-corrected chi connectivity index (χ4v) is 4.42. The minimum Gasteiger partial charge on any atom is -0.353 e. The molecule has 0 N–H and O–H groups in total. The summed E-state index contributed by atoms with van der Waals surface area (Å²) in [5.74, 6) is 1.93. The standard InChI is InChI=1S/C26H29ClN4O/c1-3-23-22(18-19-9-8-12-21(27)17-19)26(29-25(28-23)20-10-6-5-7-11-20)31-15-13-30(14-16-31)24(32)4-2/h5-12,17H,3-4,13-16,18H2,1-2H3. The van der Waals surface area contributed by atoms with Crippen molar-refractivity contribution in [3.63, 3.8) is 0 Å². The number of carbonyl (C=O) groups excluding carboxylic acids is 1. The fraction of sp³-hybridized carbons (Fsp3) is 0.346. The maximum absolute atomic E-state index is 12.2. The molecule has 1 amide bonds. The SMILES string of the molecule is CCC(=O)N1CCN(c2nc(-c3ccccc3)nc(CC)c2Cc2cccc(Cl)c2)CC1. The Hall–Kier alpha value is -2.92. The molecule has 0 bridgehead atoms. The first-order valence-corrected chi connectivity index (χ1v) is 11.7. The number of hydrogen-bond donors (Lipinski definition) is 0. The second-order valence-electron chi connectivity index (χ2n) is 8.04. The van der Waals surface area contributed by atoms with Crippen LogP contribution in [0.5, 0.6) is 0 Å². The third-order valence-electron chi connectivity index (χ3n) is 5.94. The van der Waals surface area contributed by atoms with Crippen molar-refractivity contribution in [3.05, 3.63) is 76.4 Å². The van der Waals surface area contributed by atoms with Gasteiger partial charge in [-0.15, -0.1) is 0 Å². The molecule has 1 aromatic heterocycles. The van der Waals surface area contributed by atoms with Crippen LogP contribution in [0, 0.1) is 0 Å². The Labute approximate surface area is 195 Å². The molecule has 1 aliphatic rings. The van der Waals surface area contributed by atoms with Gasteiger partial charge in [-0.05, 0) is 24.1 Å². The van der Waals surface area contributed by atoms with Gasteiger partial charge >= 0.3 is 0 Å². The zero-order valence-corrected chi connectivity index (χ0v) is 19.5. The van der Waals surface area contributed by atoms with Crippen molar-refractivity contribution in [2.75, 3.05) is 31.1 Å². The van der Waals surface area contributed by atoms with Crippen LogP contribution >= 0.6 is 11.6 Å².